The van der Waals surface area contributed by atoms with Crippen LogP contribution in [0.25, 0.3) is 11.2 Å². The second kappa shape index (κ2) is 7.99. The minimum absolute atomic E-state index is 0.0310. The van der Waals surface area contributed by atoms with Gasteiger partial charge in [-0.3, -0.25) is 9.77 Å². The number of fused-ring (bicyclic) bond motifs is 1. The summed E-state index contributed by atoms with van der Waals surface area (Å²) in [4.78, 5) is 12.8. The van der Waals surface area contributed by atoms with E-state index in [0.29, 0.717) is 21.9 Å². The van der Waals surface area contributed by atoms with E-state index in [4.69, 9.17) is 4.74 Å². The zero-order chi connectivity index (χ0) is 19.7. The van der Waals surface area contributed by atoms with Crippen molar-refractivity contribution in [1.82, 2.24) is 19.5 Å². The molecule has 10 nitrogen and oxygen atoms in total. The number of aliphatic hydroxyl groups excluding tert-OH is 3. The van der Waals surface area contributed by atoms with Crippen LogP contribution >= 0.6 is 11.8 Å². The van der Waals surface area contributed by atoms with Crippen LogP contribution in [0.5, 0.6) is 0 Å². The fraction of sp³-hybridized carbons (Fsp3) is 0.353. The average molecular weight is 405 g/mol. The lowest BCUT2D eigenvalue weighted by Crippen LogP contribution is -2.33. The van der Waals surface area contributed by atoms with E-state index in [0.717, 1.165) is 5.56 Å². The van der Waals surface area contributed by atoms with Gasteiger partial charge in [-0.15, -0.1) is 0 Å². The van der Waals surface area contributed by atoms with Gasteiger partial charge in [0.2, 0.25) is 5.95 Å². The highest BCUT2D eigenvalue weighted by Gasteiger charge is 2.44. The van der Waals surface area contributed by atoms with Gasteiger partial charge < -0.3 is 20.1 Å². The van der Waals surface area contributed by atoms with E-state index >= 15 is 0 Å². The van der Waals surface area contributed by atoms with E-state index in [2.05, 4.69) is 15.0 Å². The molecule has 1 aliphatic heterocycles. The molecule has 0 amide bonds. The SMILES string of the molecule is OC[C@@H]1O[C@H](n2cnc3c(SCc4ccccc4)nc(NO)nc32)[C@@H](O)[C@@H]1O. The zero-order valence-corrected chi connectivity index (χ0v) is 15.4. The number of benzene rings is 1. The van der Waals surface area contributed by atoms with Crippen LogP contribution in [0.15, 0.2) is 41.7 Å². The number of nitrogens with zero attached hydrogens (tertiary/aromatic N) is 4. The highest BCUT2D eigenvalue weighted by atomic mass is 32.2. The van der Waals surface area contributed by atoms with Crippen LogP contribution in [-0.4, -0.2) is 65.0 Å². The molecule has 4 rings (SSSR count). The summed E-state index contributed by atoms with van der Waals surface area (Å²) in [5.74, 6) is 0.606. The Morgan fingerprint density at radius 1 is 1.14 bits per heavy atom. The largest absolute Gasteiger partial charge is 0.394 e. The van der Waals surface area contributed by atoms with Crippen molar-refractivity contribution in [1.29, 1.82) is 0 Å². The minimum Gasteiger partial charge on any atom is -0.394 e. The molecule has 0 aliphatic carbocycles. The maximum atomic E-state index is 10.3. The number of hydrogen-bond donors (Lipinski definition) is 5. The van der Waals surface area contributed by atoms with Crippen LogP contribution in [-0.2, 0) is 10.5 Å². The number of aromatic nitrogens is 4. The highest BCUT2D eigenvalue weighted by molar-refractivity contribution is 7.98. The third-order valence-corrected chi connectivity index (χ3v) is 5.53. The third-order valence-electron chi connectivity index (χ3n) is 4.50. The second-order valence-corrected chi connectivity index (χ2v) is 7.26. The van der Waals surface area contributed by atoms with Gasteiger partial charge in [0.1, 0.15) is 28.9 Å². The number of rotatable bonds is 6. The molecule has 4 atom stereocenters. The maximum absolute atomic E-state index is 10.3. The molecule has 1 aromatic carbocycles. The van der Waals surface area contributed by atoms with Gasteiger partial charge >= 0.3 is 0 Å². The molecule has 1 fully saturated rings. The molecule has 0 unspecified atom stereocenters. The van der Waals surface area contributed by atoms with E-state index in [-0.39, 0.29) is 5.95 Å². The first-order valence-electron chi connectivity index (χ1n) is 8.56. The van der Waals surface area contributed by atoms with Crippen molar-refractivity contribution >= 4 is 28.9 Å². The van der Waals surface area contributed by atoms with Crippen molar-refractivity contribution in [2.75, 3.05) is 12.1 Å². The minimum atomic E-state index is -1.27. The highest BCUT2D eigenvalue weighted by Crippen LogP contribution is 2.34. The van der Waals surface area contributed by atoms with Gasteiger partial charge in [0.05, 0.1) is 12.9 Å². The third kappa shape index (κ3) is 3.43. The first-order chi connectivity index (χ1) is 13.6. The molecule has 1 aliphatic rings. The lowest BCUT2D eigenvalue weighted by Gasteiger charge is -2.16. The Labute approximate surface area is 163 Å². The lowest BCUT2D eigenvalue weighted by atomic mass is 10.1. The standard InChI is InChI=1S/C17H19N5O5S/c23-6-10-12(24)13(25)16(27-10)22-8-18-11-14(22)19-17(21-26)20-15(11)28-7-9-4-2-1-3-5-9/h1-5,8,10,12-13,16,23-26H,6-7H2,(H,19,20,21)/t10-,12+,13-,16-/m0/s1. The summed E-state index contributed by atoms with van der Waals surface area (Å²) in [5.41, 5.74) is 3.82. The van der Waals surface area contributed by atoms with E-state index in [1.54, 1.807) is 0 Å². The fourth-order valence-corrected chi connectivity index (χ4v) is 3.99. The molecule has 5 N–H and O–H groups in total. The Balaban J connectivity index is 1.69. The molecule has 0 saturated carbocycles. The van der Waals surface area contributed by atoms with Crippen molar-refractivity contribution in [3.8, 4) is 0 Å². The van der Waals surface area contributed by atoms with Crippen LogP contribution < -0.4 is 5.48 Å². The summed E-state index contributed by atoms with van der Waals surface area (Å²) in [6.45, 7) is -0.433. The summed E-state index contributed by atoms with van der Waals surface area (Å²) >= 11 is 1.42. The average Bonchev–Trinajstić information content (AvgIpc) is 3.28. The van der Waals surface area contributed by atoms with Crippen LogP contribution in [0.2, 0.25) is 0 Å². The molecule has 1 saturated heterocycles. The Hall–Kier alpha value is -2.28. The monoisotopic (exact) mass is 405 g/mol. The zero-order valence-electron chi connectivity index (χ0n) is 14.6. The Bertz CT molecular complexity index is 956. The molecular formula is C17H19N5O5S. The molecule has 11 heteroatoms. The number of thioether (sulfide) groups is 1. The van der Waals surface area contributed by atoms with Gasteiger partial charge in [-0.1, -0.05) is 42.1 Å². The Kier molecular flexibility index (Phi) is 5.44. The van der Waals surface area contributed by atoms with Crippen molar-refractivity contribution in [2.45, 2.75) is 35.3 Å². The van der Waals surface area contributed by atoms with Crippen LogP contribution in [0.1, 0.15) is 11.8 Å². The molecule has 148 valence electrons. The van der Waals surface area contributed by atoms with Crippen molar-refractivity contribution < 1.29 is 25.3 Å². The maximum Gasteiger partial charge on any atom is 0.250 e. The van der Waals surface area contributed by atoms with E-state index in [9.17, 15) is 20.5 Å². The van der Waals surface area contributed by atoms with Crippen molar-refractivity contribution in [2.24, 2.45) is 0 Å². The van der Waals surface area contributed by atoms with E-state index < -0.39 is 31.1 Å². The molecule has 3 heterocycles. The summed E-state index contributed by atoms with van der Waals surface area (Å²) in [5, 5.41) is 39.4. The molecule has 3 aromatic rings. The summed E-state index contributed by atoms with van der Waals surface area (Å²) in [6.07, 6.45) is -2.98. The van der Waals surface area contributed by atoms with E-state index in [1.165, 1.54) is 22.7 Å². The van der Waals surface area contributed by atoms with Gasteiger partial charge in [-0.25, -0.2) is 15.4 Å². The molecule has 0 spiro atoms. The van der Waals surface area contributed by atoms with Gasteiger partial charge in [0.15, 0.2) is 11.9 Å². The first kappa shape index (κ1) is 19.1. The number of nitrogens with one attached hydrogen (secondary N) is 1. The predicted octanol–water partition coefficient (Wildman–Crippen LogP) is 0.531. The number of hydrogen-bond acceptors (Lipinski definition) is 10. The Morgan fingerprint density at radius 2 is 1.93 bits per heavy atom. The van der Waals surface area contributed by atoms with E-state index in [1.807, 2.05) is 35.8 Å². The fourth-order valence-electron chi connectivity index (χ4n) is 3.06. The molecule has 0 radical (unpaired) electrons. The van der Waals surface area contributed by atoms with Crippen LogP contribution in [0.4, 0.5) is 5.95 Å². The van der Waals surface area contributed by atoms with Gasteiger partial charge in [0, 0.05) is 5.75 Å². The molecular weight excluding hydrogens is 386 g/mol. The predicted molar refractivity (Wildman–Crippen MR) is 99.7 cm³/mol. The lowest BCUT2D eigenvalue weighted by molar-refractivity contribution is -0.0511. The normalized spacial score (nSPS) is 24.7. The summed E-state index contributed by atoms with van der Waals surface area (Å²) in [7, 11) is 0. The van der Waals surface area contributed by atoms with Gasteiger partial charge in [0.25, 0.3) is 0 Å². The van der Waals surface area contributed by atoms with Crippen LogP contribution in [0, 0.1) is 0 Å². The quantitative estimate of drug-likeness (QED) is 0.224. The number of anilines is 1. The number of aliphatic hydroxyl groups is 3. The number of ether oxygens (including phenoxy) is 1. The molecule has 2 aromatic heterocycles. The summed E-state index contributed by atoms with van der Waals surface area (Å²) in [6, 6.07) is 9.82. The smallest absolute Gasteiger partial charge is 0.250 e. The van der Waals surface area contributed by atoms with Crippen molar-refractivity contribution in [3.63, 3.8) is 0 Å². The second-order valence-electron chi connectivity index (χ2n) is 6.29. The first-order valence-corrected chi connectivity index (χ1v) is 9.54. The topological polar surface area (TPSA) is 146 Å². The Morgan fingerprint density at radius 3 is 2.61 bits per heavy atom. The van der Waals surface area contributed by atoms with Crippen molar-refractivity contribution in [3.05, 3.63) is 42.2 Å². The molecule has 28 heavy (non-hydrogen) atoms. The van der Waals surface area contributed by atoms with Gasteiger partial charge in [-0.05, 0) is 5.56 Å². The number of imidazole rings is 1. The van der Waals surface area contributed by atoms with Crippen LogP contribution in [0.3, 0.4) is 0 Å². The van der Waals surface area contributed by atoms with Gasteiger partial charge in [-0.2, -0.15) is 4.98 Å². The summed E-state index contributed by atoms with van der Waals surface area (Å²) < 4.78 is 7.01. The molecule has 0 bridgehead atoms.